The maximum Gasteiger partial charge on any atom is 0.206 e. The number of aromatic nitrogens is 4. The molecule has 2 aromatic rings. The molecule has 0 aliphatic carbocycles. The molecule has 1 radical (unpaired) electrons. The lowest BCUT2D eigenvalue weighted by atomic mass is 10.3. The zero-order chi connectivity index (χ0) is 8.39. The number of aromatic amines is 1. The summed E-state index contributed by atoms with van der Waals surface area (Å²) < 4.78 is 0. The van der Waals surface area contributed by atoms with Crippen LogP contribution < -0.4 is 0 Å². The molecule has 12 heavy (non-hydrogen) atoms. The maximum atomic E-state index is 11.2. The summed E-state index contributed by atoms with van der Waals surface area (Å²) in [6.45, 7) is 0. The predicted molar refractivity (Wildman–Crippen MR) is 39.7 cm³/mol. The van der Waals surface area contributed by atoms with Gasteiger partial charge in [0, 0.05) is 6.20 Å². The minimum Gasteiger partial charge on any atom is -0.287 e. The fourth-order valence-electron chi connectivity index (χ4n) is 0.905. The van der Waals surface area contributed by atoms with Crippen LogP contribution >= 0.6 is 0 Å². The molecule has 0 unspecified atom stereocenters. The molecule has 2 aromatic heterocycles. The van der Waals surface area contributed by atoms with E-state index in [1.807, 2.05) is 0 Å². The van der Waals surface area contributed by atoms with Crippen LogP contribution in [-0.4, -0.2) is 20.4 Å². The average Bonchev–Trinajstić information content (AvgIpc) is 2.57. The molecular formula is C7H5N4O. The minimum absolute atomic E-state index is 0.136. The lowest BCUT2D eigenvalue weighted by Gasteiger charge is -1.94. The summed E-state index contributed by atoms with van der Waals surface area (Å²) in [6.07, 6.45) is 3.02. The van der Waals surface area contributed by atoms with Crippen LogP contribution in [-0.2, 0) is 5.11 Å². The number of rotatable bonds is 1. The molecule has 0 amide bonds. The molecule has 0 fully saturated rings. The van der Waals surface area contributed by atoms with Gasteiger partial charge in [-0.2, -0.15) is 0 Å². The highest BCUT2D eigenvalue weighted by atomic mass is 16.3. The predicted octanol–water partition coefficient (Wildman–Crippen LogP) is 1.01. The Morgan fingerprint density at radius 1 is 1.42 bits per heavy atom. The Morgan fingerprint density at radius 3 is 3.00 bits per heavy atom. The van der Waals surface area contributed by atoms with Crippen LogP contribution in [0.4, 0.5) is 0 Å². The van der Waals surface area contributed by atoms with Gasteiger partial charge >= 0.3 is 0 Å². The lowest BCUT2D eigenvalue weighted by Crippen LogP contribution is -1.82. The molecule has 0 saturated carbocycles. The Hall–Kier alpha value is -1.91. The van der Waals surface area contributed by atoms with Crippen molar-refractivity contribution in [1.29, 1.82) is 0 Å². The number of pyridine rings is 1. The van der Waals surface area contributed by atoms with Crippen LogP contribution in [0.3, 0.4) is 0 Å². The normalized spacial score (nSPS) is 10.0. The molecule has 5 heteroatoms. The monoisotopic (exact) mass is 161 g/mol. The Kier molecular flexibility index (Phi) is 1.48. The van der Waals surface area contributed by atoms with Crippen molar-refractivity contribution in [3.63, 3.8) is 0 Å². The van der Waals surface area contributed by atoms with Gasteiger partial charge in [-0.05, 0) is 12.1 Å². The van der Waals surface area contributed by atoms with Crippen LogP contribution in [0.15, 0.2) is 24.5 Å². The fourth-order valence-corrected chi connectivity index (χ4v) is 0.905. The van der Waals surface area contributed by atoms with Gasteiger partial charge in [0.1, 0.15) is 11.4 Å². The second-order valence-corrected chi connectivity index (χ2v) is 2.22. The summed E-state index contributed by atoms with van der Waals surface area (Å²) in [4.78, 5) is 3.90. The summed E-state index contributed by atoms with van der Waals surface area (Å²) in [5.74, 6) is -0.136. The lowest BCUT2D eigenvalue weighted by molar-refractivity contribution is 0.355. The van der Waals surface area contributed by atoms with Crippen LogP contribution in [0.2, 0.25) is 0 Å². The minimum atomic E-state index is -0.136. The average molecular weight is 161 g/mol. The van der Waals surface area contributed by atoms with Gasteiger partial charge < -0.3 is 0 Å². The topological polar surface area (TPSA) is 74.4 Å². The Bertz CT molecular complexity index is 371. The van der Waals surface area contributed by atoms with Crippen molar-refractivity contribution in [2.75, 3.05) is 0 Å². The molecule has 0 aliphatic rings. The van der Waals surface area contributed by atoms with E-state index in [2.05, 4.69) is 20.4 Å². The highest BCUT2D eigenvalue weighted by Crippen LogP contribution is 2.23. The molecule has 5 nitrogen and oxygen atoms in total. The van der Waals surface area contributed by atoms with Gasteiger partial charge in [0.25, 0.3) is 0 Å². The van der Waals surface area contributed by atoms with E-state index in [1.165, 1.54) is 12.3 Å². The SMILES string of the molecule is [O]c1cccnc1-c1cnn[nH]1. The third kappa shape index (κ3) is 1.01. The van der Waals surface area contributed by atoms with Crippen molar-refractivity contribution in [3.05, 3.63) is 24.5 Å². The zero-order valence-corrected chi connectivity index (χ0v) is 6.06. The smallest absolute Gasteiger partial charge is 0.206 e. The standard InChI is InChI=1S/C7H5N4O/c12-6-2-1-3-8-7(6)5-4-9-11-10-5/h1-4H,(H,9,10,11). The zero-order valence-electron chi connectivity index (χ0n) is 6.06. The fraction of sp³-hybridized carbons (Fsp3) is 0. The molecule has 1 N–H and O–H groups in total. The molecule has 2 heterocycles. The molecule has 2 rings (SSSR count). The molecule has 0 atom stereocenters. The first-order valence-corrected chi connectivity index (χ1v) is 3.36. The van der Waals surface area contributed by atoms with Gasteiger partial charge in [-0.3, -0.25) is 15.2 Å². The summed E-state index contributed by atoms with van der Waals surface area (Å²) >= 11 is 0. The van der Waals surface area contributed by atoms with Crippen molar-refractivity contribution < 1.29 is 5.11 Å². The third-order valence-electron chi connectivity index (χ3n) is 1.44. The van der Waals surface area contributed by atoms with Crippen LogP contribution in [0.5, 0.6) is 5.75 Å². The number of H-pyrrole nitrogens is 1. The second kappa shape index (κ2) is 2.61. The van der Waals surface area contributed by atoms with Gasteiger partial charge in [0.15, 0.2) is 0 Å². The van der Waals surface area contributed by atoms with Gasteiger partial charge in [-0.15, -0.1) is 5.10 Å². The molecule has 0 bridgehead atoms. The van der Waals surface area contributed by atoms with Crippen molar-refractivity contribution in [2.24, 2.45) is 0 Å². The molecule has 59 valence electrons. The van der Waals surface area contributed by atoms with Gasteiger partial charge in [0.05, 0.1) is 6.20 Å². The van der Waals surface area contributed by atoms with E-state index in [4.69, 9.17) is 0 Å². The van der Waals surface area contributed by atoms with Gasteiger partial charge in [-0.1, -0.05) is 5.21 Å². The van der Waals surface area contributed by atoms with Crippen molar-refractivity contribution >= 4 is 0 Å². The van der Waals surface area contributed by atoms with Crippen LogP contribution in [0, 0.1) is 0 Å². The number of hydrogen-bond donors (Lipinski definition) is 1. The Labute approximate surface area is 68.1 Å². The largest absolute Gasteiger partial charge is 0.287 e. The second-order valence-electron chi connectivity index (χ2n) is 2.22. The quantitative estimate of drug-likeness (QED) is 0.678. The van der Waals surface area contributed by atoms with E-state index in [-0.39, 0.29) is 5.75 Å². The van der Waals surface area contributed by atoms with Crippen LogP contribution in [0.25, 0.3) is 11.4 Å². The summed E-state index contributed by atoms with van der Waals surface area (Å²) in [5, 5.41) is 20.8. The van der Waals surface area contributed by atoms with Crippen LogP contribution in [0.1, 0.15) is 0 Å². The molecular weight excluding hydrogens is 156 g/mol. The molecule has 0 saturated heterocycles. The first-order valence-electron chi connectivity index (χ1n) is 3.36. The van der Waals surface area contributed by atoms with E-state index in [1.54, 1.807) is 12.3 Å². The molecule has 0 aromatic carbocycles. The van der Waals surface area contributed by atoms with Crippen molar-refractivity contribution in [3.8, 4) is 17.1 Å². The summed E-state index contributed by atoms with van der Waals surface area (Å²) in [7, 11) is 0. The number of nitrogens with one attached hydrogen (secondary N) is 1. The van der Waals surface area contributed by atoms with E-state index in [9.17, 15) is 5.11 Å². The maximum absolute atomic E-state index is 11.2. The van der Waals surface area contributed by atoms with E-state index in [0.717, 1.165) is 0 Å². The Morgan fingerprint density at radius 2 is 2.33 bits per heavy atom. The van der Waals surface area contributed by atoms with Crippen molar-refractivity contribution in [2.45, 2.75) is 0 Å². The highest BCUT2D eigenvalue weighted by Gasteiger charge is 2.07. The first-order chi connectivity index (χ1) is 5.88. The molecule has 0 spiro atoms. The van der Waals surface area contributed by atoms with Gasteiger partial charge in [-0.25, -0.2) is 0 Å². The molecule has 0 aliphatic heterocycles. The number of nitrogens with zero attached hydrogens (tertiary/aromatic N) is 3. The summed E-state index contributed by atoms with van der Waals surface area (Å²) in [5.41, 5.74) is 0.892. The van der Waals surface area contributed by atoms with Gasteiger partial charge in [0.2, 0.25) is 5.75 Å². The Balaban J connectivity index is 2.55. The summed E-state index contributed by atoms with van der Waals surface area (Å²) in [6, 6.07) is 3.04. The van der Waals surface area contributed by atoms with E-state index in [0.29, 0.717) is 11.4 Å². The van der Waals surface area contributed by atoms with Crippen molar-refractivity contribution in [1.82, 2.24) is 20.4 Å². The highest BCUT2D eigenvalue weighted by molar-refractivity contribution is 5.59. The van der Waals surface area contributed by atoms with E-state index < -0.39 is 0 Å². The first kappa shape index (κ1) is 6.78. The number of hydrogen-bond acceptors (Lipinski definition) is 3. The van der Waals surface area contributed by atoms with E-state index >= 15 is 0 Å². The third-order valence-corrected chi connectivity index (χ3v) is 1.44.